The molecule has 80 heavy (non-hydrogen) atoms. The lowest BCUT2D eigenvalue weighted by molar-refractivity contribution is 0.652. The SMILES string of the molecule is CCc1c2ccc(N(c3ccccc3)c3ccc4c(c3)C(C)(C)c3cc5c(cc3-4)C(C)(C)c3ccccc3-5)cc2c(CC)c2ccc(N(c3ccccc3)c3ccc4c(c3)C(C)(C)c3cc5c(cc3-4)C(C)(C)c3ccccc3-5)cc12. The largest absolute Gasteiger partial charge is 0.310 e. The zero-order valence-corrected chi connectivity index (χ0v) is 47.9. The maximum Gasteiger partial charge on any atom is 0.0468 e. The molecular weight excluding hydrogens is 965 g/mol. The van der Waals surface area contributed by atoms with Gasteiger partial charge in [0.15, 0.2) is 0 Å². The summed E-state index contributed by atoms with van der Waals surface area (Å²) >= 11 is 0. The second kappa shape index (κ2) is 17.0. The third-order valence-electron chi connectivity index (χ3n) is 19.8. The smallest absolute Gasteiger partial charge is 0.0468 e. The highest BCUT2D eigenvalue weighted by atomic mass is 15.1. The summed E-state index contributed by atoms with van der Waals surface area (Å²) in [6.45, 7) is 23.9. The van der Waals surface area contributed by atoms with E-state index in [-0.39, 0.29) is 21.7 Å². The van der Waals surface area contributed by atoms with Crippen LogP contribution in [0.1, 0.15) is 125 Å². The molecule has 0 heterocycles. The standard InChI is InChI=1S/C78H68N2/c1-11-53-55-35-31-50(80(48-25-17-14-18-26-48)52-34-38-60-66-46-72-64(44-74(66)78(9,10)70(60)42-52)58-28-20-22-30-68(58)76(72,5)6)40-62(55)54(12-2)56-36-32-49(39-61(53)56)79(47-23-15-13-16-24-47)51-33-37-59-65-45-71-63(43-73(65)77(7,8)69(59)41-51)57-27-19-21-29-67(57)75(71,3)4/h13-46H,11-12H2,1-10H3. The lowest BCUT2D eigenvalue weighted by atomic mass is 9.79. The van der Waals surface area contributed by atoms with Crippen molar-refractivity contribution in [2.45, 2.75) is 104 Å². The van der Waals surface area contributed by atoms with Crippen molar-refractivity contribution in [2.24, 2.45) is 0 Å². The highest BCUT2D eigenvalue weighted by molar-refractivity contribution is 6.09. The molecule has 0 fully saturated rings. The van der Waals surface area contributed by atoms with Crippen molar-refractivity contribution < 1.29 is 0 Å². The van der Waals surface area contributed by atoms with Crippen LogP contribution in [0, 0.1) is 0 Å². The van der Waals surface area contributed by atoms with Crippen molar-refractivity contribution in [1.82, 2.24) is 0 Å². The van der Waals surface area contributed by atoms with Gasteiger partial charge in [0.05, 0.1) is 0 Å². The van der Waals surface area contributed by atoms with Gasteiger partial charge < -0.3 is 9.80 Å². The molecule has 0 aliphatic heterocycles. The fourth-order valence-corrected chi connectivity index (χ4v) is 15.6. The summed E-state index contributed by atoms with van der Waals surface area (Å²) in [6, 6.07) is 79.1. The van der Waals surface area contributed by atoms with Crippen molar-refractivity contribution in [3.63, 3.8) is 0 Å². The number of para-hydroxylation sites is 2. The fourth-order valence-electron chi connectivity index (χ4n) is 15.6. The van der Waals surface area contributed by atoms with Crippen LogP contribution in [0.2, 0.25) is 0 Å². The Morgan fingerprint density at radius 3 is 0.887 bits per heavy atom. The average Bonchev–Trinajstić information content (AvgIpc) is 4.26. The molecule has 0 aromatic heterocycles. The Morgan fingerprint density at radius 1 is 0.237 bits per heavy atom. The Hall–Kier alpha value is -8.46. The van der Waals surface area contributed by atoms with Crippen LogP contribution in [0.5, 0.6) is 0 Å². The van der Waals surface area contributed by atoms with E-state index in [2.05, 4.69) is 285 Å². The van der Waals surface area contributed by atoms with Gasteiger partial charge in [0.2, 0.25) is 0 Å². The summed E-state index contributed by atoms with van der Waals surface area (Å²) in [6.07, 6.45) is 1.83. The second-order valence-corrected chi connectivity index (χ2v) is 25.4. The molecule has 0 atom stereocenters. The normalized spacial score (nSPS) is 15.6. The van der Waals surface area contributed by atoms with Crippen LogP contribution in [0.25, 0.3) is 66.1 Å². The molecule has 0 unspecified atom stereocenters. The molecule has 11 aromatic rings. The predicted octanol–water partition coefficient (Wildman–Crippen LogP) is 21.3. The Kier molecular flexibility index (Phi) is 10.4. The van der Waals surface area contributed by atoms with Crippen LogP contribution in [-0.4, -0.2) is 0 Å². The fraction of sp³-hybridized carbons (Fsp3) is 0.205. The quantitative estimate of drug-likeness (QED) is 0.140. The monoisotopic (exact) mass is 1030 g/mol. The minimum absolute atomic E-state index is 0.0544. The van der Waals surface area contributed by atoms with E-state index in [1.165, 1.54) is 133 Å². The van der Waals surface area contributed by atoms with Gasteiger partial charge in [-0.05, 0) is 232 Å². The molecule has 4 aliphatic rings. The summed E-state index contributed by atoms with van der Waals surface area (Å²) in [5, 5.41) is 5.31. The van der Waals surface area contributed by atoms with Crippen LogP contribution in [-0.2, 0) is 34.5 Å². The zero-order chi connectivity index (χ0) is 54.8. The third-order valence-corrected chi connectivity index (χ3v) is 19.8. The molecule has 0 saturated carbocycles. The minimum Gasteiger partial charge on any atom is -0.310 e. The van der Waals surface area contributed by atoms with Crippen molar-refractivity contribution in [3.8, 4) is 44.5 Å². The van der Waals surface area contributed by atoms with Crippen LogP contribution in [0.4, 0.5) is 34.1 Å². The van der Waals surface area contributed by atoms with Gasteiger partial charge >= 0.3 is 0 Å². The van der Waals surface area contributed by atoms with Crippen molar-refractivity contribution >= 4 is 55.7 Å². The lowest BCUT2D eigenvalue weighted by Gasteiger charge is -2.29. The van der Waals surface area contributed by atoms with E-state index < -0.39 is 0 Å². The number of hydrogen-bond acceptors (Lipinski definition) is 2. The van der Waals surface area contributed by atoms with Crippen molar-refractivity contribution in [2.75, 3.05) is 9.80 Å². The molecule has 0 spiro atoms. The Morgan fingerprint density at radius 2 is 0.525 bits per heavy atom. The molecule has 15 rings (SSSR count). The van der Waals surface area contributed by atoms with E-state index in [0.717, 1.165) is 35.6 Å². The number of rotatable bonds is 8. The average molecular weight is 1030 g/mol. The molecule has 2 nitrogen and oxygen atoms in total. The first-order valence-corrected chi connectivity index (χ1v) is 29.2. The van der Waals surface area contributed by atoms with Crippen LogP contribution in [0.3, 0.4) is 0 Å². The van der Waals surface area contributed by atoms with E-state index in [9.17, 15) is 0 Å². The summed E-state index contributed by atoms with van der Waals surface area (Å²) < 4.78 is 0. The van der Waals surface area contributed by atoms with E-state index >= 15 is 0 Å². The summed E-state index contributed by atoms with van der Waals surface area (Å²) in [7, 11) is 0. The molecule has 0 saturated heterocycles. The van der Waals surface area contributed by atoms with Crippen molar-refractivity contribution in [1.29, 1.82) is 0 Å². The van der Waals surface area contributed by atoms with Crippen LogP contribution in [0.15, 0.2) is 206 Å². The Balaban J connectivity index is 0.836. The Bertz CT molecular complexity index is 4150. The van der Waals surface area contributed by atoms with Gasteiger partial charge in [-0.15, -0.1) is 0 Å². The number of nitrogens with zero attached hydrogens (tertiary/aromatic N) is 2. The molecule has 390 valence electrons. The lowest BCUT2D eigenvalue weighted by Crippen LogP contribution is -2.17. The summed E-state index contributed by atoms with van der Waals surface area (Å²) in [4.78, 5) is 4.97. The number of fused-ring (bicyclic) bond motifs is 14. The van der Waals surface area contributed by atoms with E-state index in [1.54, 1.807) is 0 Å². The Labute approximate surface area is 473 Å². The molecular formula is C78H68N2. The van der Waals surface area contributed by atoms with Crippen LogP contribution < -0.4 is 9.80 Å². The van der Waals surface area contributed by atoms with E-state index in [1.807, 2.05) is 0 Å². The highest BCUT2D eigenvalue weighted by Gasteiger charge is 2.44. The van der Waals surface area contributed by atoms with Crippen molar-refractivity contribution in [3.05, 3.63) is 262 Å². The number of anilines is 6. The van der Waals surface area contributed by atoms with E-state index in [0.29, 0.717) is 0 Å². The maximum atomic E-state index is 2.52. The zero-order valence-electron chi connectivity index (χ0n) is 47.9. The summed E-state index contributed by atoms with van der Waals surface area (Å²) in [5.74, 6) is 0. The molecule has 0 amide bonds. The number of hydrogen-bond donors (Lipinski definition) is 0. The highest BCUT2D eigenvalue weighted by Crippen LogP contribution is 2.59. The van der Waals surface area contributed by atoms with Gasteiger partial charge in [0.1, 0.15) is 0 Å². The van der Waals surface area contributed by atoms with Crippen LogP contribution >= 0.6 is 0 Å². The molecule has 4 aliphatic carbocycles. The molecule has 11 aromatic carbocycles. The van der Waals surface area contributed by atoms with Gasteiger partial charge in [-0.2, -0.15) is 0 Å². The van der Waals surface area contributed by atoms with Gasteiger partial charge in [0, 0.05) is 55.8 Å². The first kappa shape index (κ1) is 48.6. The second-order valence-electron chi connectivity index (χ2n) is 25.4. The van der Waals surface area contributed by atoms with Gasteiger partial charge in [-0.3, -0.25) is 0 Å². The van der Waals surface area contributed by atoms with Gasteiger partial charge in [-0.25, -0.2) is 0 Å². The first-order chi connectivity index (χ1) is 38.6. The third kappa shape index (κ3) is 6.66. The predicted molar refractivity (Wildman–Crippen MR) is 340 cm³/mol. The molecule has 0 radical (unpaired) electrons. The minimum atomic E-state index is -0.183. The summed E-state index contributed by atoms with van der Waals surface area (Å²) in [5.41, 5.74) is 31.5. The number of aryl methyl sites for hydroxylation is 2. The van der Waals surface area contributed by atoms with E-state index in [4.69, 9.17) is 0 Å². The molecule has 0 bridgehead atoms. The molecule has 2 heteroatoms. The van der Waals surface area contributed by atoms with Gasteiger partial charge in [-0.1, -0.05) is 178 Å². The topological polar surface area (TPSA) is 6.48 Å². The first-order valence-electron chi connectivity index (χ1n) is 29.2. The molecule has 0 N–H and O–H groups in total. The number of benzene rings is 11. The maximum absolute atomic E-state index is 2.52. The van der Waals surface area contributed by atoms with Gasteiger partial charge in [0.25, 0.3) is 0 Å².